The molecule has 0 bridgehead atoms. The zero-order valence-electron chi connectivity index (χ0n) is 28.5. The lowest BCUT2D eigenvalue weighted by atomic mass is 9.73. The van der Waals surface area contributed by atoms with Gasteiger partial charge in [0.25, 0.3) is 0 Å². The monoisotopic (exact) mass is 694 g/mol. The number of carbonyl (C=O) groups excluding carboxylic acids is 6. The highest BCUT2D eigenvalue weighted by Gasteiger charge is 2.54. The molecule has 0 radical (unpaired) electrons. The summed E-state index contributed by atoms with van der Waals surface area (Å²) in [6.45, 7) is 22.3. The molecule has 0 aliphatic carbocycles. The third-order valence-electron chi connectivity index (χ3n) is 7.96. The van der Waals surface area contributed by atoms with E-state index < -0.39 is 116 Å². The van der Waals surface area contributed by atoms with Gasteiger partial charge in [-0.05, 0) is 34.6 Å². The van der Waals surface area contributed by atoms with Crippen LogP contribution in [0.3, 0.4) is 0 Å². The third-order valence-corrected chi connectivity index (χ3v) is 7.96. The Morgan fingerprint density at radius 2 is 0.857 bits per heavy atom. The van der Waals surface area contributed by atoms with Gasteiger partial charge in [0.1, 0.15) is 48.0 Å². The van der Waals surface area contributed by atoms with E-state index >= 15 is 0 Å². The SMILES string of the molecule is C=CC(=O)OC(C)C(COCC(C(C)OC(=O)C=C)(C(C)OC(=O)C=C)C(C)OC(=O)C=C)(COC(=O)CCC(=O)O)C(C)OC(=O)C=C. The maximum atomic E-state index is 12.5. The standard InChI is InChI=1S/C34H46O15/c1-11-27(37)45-21(6)33(22(7)46-28(38)12-2,19-44-32(42)17-16-26(35)36)18-43-20-34(23(8)47-29(39)13-3,24(9)48-30(40)14-4)25(10)49-31(41)15-5/h11-15,21-25H,1-5,16-20H2,6-10H3,(H,35,36). The summed E-state index contributed by atoms with van der Waals surface area (Å²) in [5.41, 5.74) is -3.41. The fourth-order valence-electron chi connectivity index (χ4n) is 4.77. The molecule has 49 heavy (non-hydrogen) atoms. The molecule has 0 aromatic rings. The van der Waals surface area contributed by atoms with Gasteiger partial charge in [-0.2, -0.15) is 0 Å². The van der Waals surface area contributed by atoms with Crippen LogP contribution in [-0.4, -0.2) is 97.2 Å². The molecule has 5 atom stereocenters. The van der Waals surface area contributed by atoms with Crippen molar-refractivity contribution in [1.29, 1.82) is 0 Å². The lowest BCUT2D eigenvalue weighted by Crippen LogP contribution is -2.58. The number of carbonyl (C=O) groups is 7. The van der Waals surface area contributed by atoms with Crippen LogP contribution in [0.25, 0.3) is 0 Å². The van der Waals surface area contributed by atoms with Crippen molar-refractivity contribution in [2.75, 3.05) is 19.8 Å². The van der Waals surface area contributed by atoms with Gasteiger partial charge in [0.05, 0.1) is 26.1 Å². The molecule has 0 rings (SSSR count). The summed E-state index contributed by atoms with van der Waals surface area (Å²) in [5, 5.41) is 8.99. The first-order valence-electron chi connectivity index (χ1n) is 15.0. The Bertz CT molecular complexity index is 1170. The minimum absolute atomic E-state index is 0.512. The van der Waals surface area contributed by atoms with Crippen LogP contribution >= 0.6 is 0 Å². The number of hydrogen-bond acceptors (Lipinski definition) is 14. The van der Waals surface area contributed by atoms with Gasteiger partial charge in [-0.1, -0.05) is 32.9 Å². The van der Waals surface area contributed by atoms with E-state index in [9.17, 15) is 33.6 Å². The maximum Gasteiger partial charge on any atom is 0.330 e. The topological polar surface area (TPSA) is 204 Å². The summed E-state index contributed by atoms with van der Waals surface area (Å²) >= 11 is 0. The summed E-state index contributed by atoms with van der Waals surface area (Å²) in [7, 11) is 0. The molecule has 0 fully saturated rings. The van der Waals surface area contributed by atoms with Crippen molar-refractivity contribution in [1.82, 2.24) is 0 Å². The van der Waals surface area contributed by atoms with Gasteiger partial charge in [0.15, 0.2) is 0 Å². The number of ether oxygens (including phenoxy) is 7. The van der Waals surface area contributed by atoms with Crippen LogP contribution < -0.4 is 0 Å². The van der Waals surface area contributed by atoms with Gasteiger partial charge >= 0.3 is 41.8 Å². The number of carboxylic acids is 1. The Morgan fingerprint density at radius 1 is 0.531 bits per heavy atom. The van der Waals surface area contributed by atoms with Crippen LogP contribution in [0.5, 0.6) is 0 Å². The molecule has 15 heteroatoms. The molecule has 0 aromatic carbocycles. The fraction of sp³-hybridized carbons (Fsp3) is 0.500. The first-order chi connectivity index (χ1) is 22.9. The number of hydrogen-bond donors (Lipinski definition) is 1. The van der Waals surface area contributed by atoms with Crippen molar-refractivity contribution in [3.05, 3.63) is 63.3 Å². The summed E-state index contributed by atoms with van der Waals surface area (Å²) in [5.74, 6) is -6.62. The normalized spacial score (nSPS) is 16.1. The molecule has 0 saturated heterocycles. The molecule has 0 aliphatic rings. The van der Waals surface area contributed by atoms with E-state index in [0.29, 0.717) is 0 Å². The molecular weight excluding hydrogens is 648 g/mol. The largest absolute Gasteiger partial charge is 0.481 e. The van der Waals surface area contributed by atoms with Crippen LogP contribution in [0.1, 0.15) is 47.5 Å². The Labute approximate surface area is 285 Å². The molecule has 0 saturated carbocycles. The molecule has 0 aliphatic heterocycles. The molecule has 272 valence electrons. The van der Waals surface area contributed by atoms with Gasteiger partial charge in [-0.15, -0.1) is 0 Å². The number of rotatable bonds is 24. The second-order valence-corrected chi connectivity index (χ2v) is 10.8. The van der Waals surface area contributed by atoms with Crippen molar-refractivity contribution in [3.8, 4) is 0 Å². The van der Waals surface area contributed by atoms with Crippen LogP contribution in [0.2, 0.25) is 0 Å². The summed E-state index contributed by atoms with van der Waals surface area (Å²) in [6, 6.07) is 0. The van der Waals surface area contributed by atoms with Crippen LogP contribution in [0.4, 0.5) is 0 Å². The third kappa shape index (κ3) is 13.2. The highest BCUT2D eigenvalue weighted by molar-refractivity contribution is 5.83. The minimum atomic E-state index is -1.72. The number of carboxylic acid groups (broad SMARTS) is 1. The van der Waals surface area contributed by atoms with E-state index in [1.54, 1.807) is 0 Å². The predicted octanol–water partition coefficient (Wildman–Crippen LogP) is 2.97. The van der Waals surface area contributed by atoms with Crippen molar-refractivity contribution < 1.29 is 71.8 Å². The highest BCUT2D eigenvalue weighted by Crippen LogP contribution is 2.40. The zero-order chi connectivity index (χ0) is 37.9. The predicted molar refractivity (Wildman–Crippen MR) is 172 cm³/mol. The second kappa shape index (κ2) is 21.0. The van der Waals surface area contributed by atoms with Gasteiger partial charge < -0.3 is 38.3 Å². The van der Waals surface area contributed by atoms with E-state index in [2.05, 4.69) is 32.9 Å². The van der Waals surface area contributed by atoms with E-state index in [-0.39, 0.29) is 0 Å². The number of esters is 6. The van der Waals surface area contributed by atoms with Crippen molar-refractivity contribution in [3.63, 3.8) is 0 Å². The van der Waals surface area contributed by atoms with Crippen LogP contribution in [0.15, 0.2) is 63.3 Å². The lowest BCUT2D eigenvalue weighted by molar-refractivity contribution is -0.213. The van der Waals surface area contributed by atoms with E-state index in [0.717, 1.165) is 30.4 Å². The molecule has 0 spiro atoms. The summed E-state index contributed by atoms with van der Waals surface area (Å²) in [6.07, 6.45) is -2.85. The molecule has 5 unspecified atom stereocenters. The average molecular weight is 695 g/mol. The quantitative estimate of drug-likeness (QED) is 0.0876. The Balaban J connectivity index is 7.26. The Hall–Kier alpha value is -5.05. The van der Waals surface area contributed by atoms with Crippen LogP contribution in [-0.2, 0) is 66.7 Å². The van der Waals surface area contributed by atoms with E-state index in [4.69, 9.17) is 38.3 Å². The van der Waals surface area contributed by atoms with Gasteiger partial charge in [-0.3, -0.25) is 9.59 Å². The van der Waals surface area contributed by atoms with Crippen molar-refractivity contribution >= 4 is 41.8 Å². The van der Waals surface area contributed by atoms with Gasteiger partial charge in [0, 0.05) is 30.4 Å². The molecule has 1 N–H and O–H groups in total. The average Bonchev–Trinajstić information content (AvgIpc) is 3.05. The fourth-order valence-corrected chi connectivity index (χ4v) is 4.77. The molecule has 0 heterocycles. The van der Waals surface area contributed by atoms with Crippen molar-refractivity contribution in [2.24, 2.45) is 10.8 Å². The zero-order valence-corrected chi connectivity index (χ0v) is 28.5. The van der Waals surface area contributed by atoms with E-state index in [1.165, 1.54) is 34.6 Å². The van der Waals surface area contributed by atoms with Crippen molar-refractivity contribution in [2.45, 2.75) is 78.0 Å². The smallest absolute Gasteiger partial charge is 0.330 e. The Kier molecular flexibility index (Phi) is 18.9. The maximum absolute atomic E-state index is 12.5. The molecular formula is C34H46O15. The van der Waals surface area contributed by atoms with E-state index in [1.807, 2.05) is 0 Å². The first-order valence-corrected chi connectivity index (χ1v) is 15.0. The van der Waals surface area contributed by atoms with Crippen LogP contribution in [0, 0.1) is 10.8 Å². The first kappa shape index (κ1) is 43.9. The summed E-state index contributed by atoms with van der Waals surface area (Å²) in [4.78, 5) is 85.3. The van der Waals surface area contributed by atoms with Gasteiger partial charge in [-0.25, -0.2) is 24.0 Å². The number of aliphatic carboxylic acids is 1. The highest BCUT2D eigenvalue weighted by atomic mass is 16.6. The molecule has 0 aromatic heterocycles. The summed E-state index contributed by atoms with van der Waals surface area (Å²) < 4.78 is 39.1. The van der Waals surface area contributed by atoms with Gasteiger partial charge in [0.2, 0.25) is 0 Å². The lowest BCUT2D eigenvalue weighted by Gasteiger charge is -2.46. The Morgan fingerprint density at radius 3 is 1.16 bits per heavy atom. The second-order valence-electron chi connectivity index (χ2n) is 10.8. The molecule has 0 amide bonds. The molecule has 15 nitrogen and oxygen atoms in total. The minimum Gasteiger partial charge on any atom is -0.481 e.